The van der Waals surface area contributed by atoms with Gasteiger partial charge in [-0.1, -0.05) is 12.1 Å². The summed E-state index contributed by atoms with van der Waals surface area (Å²) < 4.78 is 11.8. The van der Waals surface area contributed by atoms with Crippen LogP contribution in [-0.4, -0.2) is 13.7 Å². The zero-order valence-corrected chi connectivity index (χ0v) is 13.7. The lowest BCUT2D eigenvalue weighted by Crippen LogP contribution is -1.95. The molecule has 2 rings (SSSR count). The van der Waals surface area contributed by atoms with Crippen molar-refractivity contribution in [3.05, 3.63) is 57.6 Å². The van der Waals surface area contributed by atoms with Gasteiger partial charge in [0.25, 0.3) is 0 Å². The molecule has 0 atom stereocenters. The maximum atomic E-state index is 5.46. The SMILES string of the molecule is CCOc1ccc(Cc2cc(Br)c(OC)cc2C)cc1. The Labute approximate surface area is 128 Å². The zero-order valence-electron chi connectivity index (χ0n) is 12.1. The molecule has 0 aliphatic carbocycles. The van der Waals surface area contributed by atoms with Gasteiger partial charge in [0, 0.05) is 0 Å². The fourth-order valence-corrected chi connectivity index (χ4v) is 2.69. The summed E-state index contributed by atoms with van der Waals surface area (Å²) in [6.07, 6.45) is 0.904. The van der Waals surface area contributed by atoms with Crippen LogP contribution in [0, 0.1) is 6.92 Å². The van der Waals surface area contributed by atoms with Crippen LogP contribution in [0.4, 0.5) is 0 Å². The Morgan fingerprint density at radius 2 is 1.80 bits per heavy atom. The topological polar surface area (TPSA) is 18.5 Å². The van der Waals surface area contributed by atoms with Crippen LogP contribution in [0.25, 0.3) is 0 Å². The minimum Gasteiger partial charge on any atom is -0.496 e. The molecule has 0 aromatic heterocycles. The third-order valence-corrected chi connectivity index (χ3v) is 3.86. The molecule has 0 spiro atoms. The second-order valence-corrected chi connectivity index (χ2v) is 5.52. The number of hydrogen-bond donors (Lipinski definition) is 0. The smallest absolute Gasteiger partial charge is 0.133 e. The third-order valence-electron chi connectivity index (χ3n) is 3.24. The second kappa shape index (κ2) is 6.80. The minimum atomic E-state index is 0.698. The molecule has 0 N–H and O–H groups in total. The zero-order chi connectivity index (χ0) is 14.5. The van der Waals surface area contributed by atoms with Crippen LogP contribution in [0.2, 0.25) is 0 Å². The monoisotopic (exact) mass is 334 g/mol. The van der Waals surface area contributed by atoms with Gasteiger partial charge in [0.15, 0.2) is 0 Å². The van der Waals surface area contributed by atoms with Gasteiger partial charge < -0.3 is 9.47 Å². The molecule has 0 aliphatic heterocycles. The summed E-state index contributed by atoms with van der Waals surface area (Å²) in [6, 6.07) is 12.5. The van der Waals surface area contributed by atoms with Crippen molar-refractivity contribution < 1.29 is 9.47 Å². The van der Waals surface area contributed by atoms with Crippen LogP contribution in [0.3, 0.4) is 0 Å². The lowest BCUT2D eigenvalue weighted by atomic mass is 10.0. The Morgan fingerprint density at radius 3 is 2.40 bits per heavy atom. The van der Waals surface area contributed by atoms with E-state index in [9.17, 15) is 0 Å². The molecule has 2 nitrogen and oxygen atoms in total. The summed E-state index contributed by atoms with van der Waals surface area (Å²) in [6.45, 7) is 4.80. The highest BCUT2D eigenvalue weighted by molar-refractivity contribution is 9.10. The lowest BCUT2D eigenvalue weighted by molar-refractivity contribution is 0.340. The van der Waals surface area contributed by atoms with Gasteiger partial charge in [0.2, 0.25) is 0 Å². The van der Waals surface area contributed by atoms with Crippen LogP contribution in [0.5, 0.6) is 11.5 Å². The third kappa shape index (κ3) is 3.54. The average molecular weight is 335 g/mol. The maximum Gasteiger partial charge on any atom is 0.133 e. The van der Waals surface area contributed by atoms with Gasteiger partial charge in [-0.25, -0.2) is 0 Å². The number of ether oxygens (including phenoxy) is 2. The molecule has 0 bridgehead atoms. The summed E-state index contributed by atoms with van der Waals surface area (Å²) in [4.78, 5) is 0. The fraction of sp³-hybridized carbons (Fsp3) is 0.294. The number of benzene rings is 2. The Morgan fingerprint density at radius 1 is 1.10 bits per heavy atom. The van der Waals surface area contributed by atoms with Gasteiger partial charge in [-0.3, -0.25) is 0 Å². The van der Waals surface area contributed by atoms with E-state index in [4.69, 9.17) is 9.47 Å². The second-order valence-electron chi connectivity index (χ2n) is 4.67. The molecule has 0 unspecified atom stereocenters. The van der Waals surface area contributed by atoms with Crippen molar-refractivity contribution in [2.24, 2.45) is 0 Å². The number of aryl methyl sites for hydroxylation is 1. The largest absolute Gasteiger partial charge is 0.496 e. The summed E-state index contributed by atoms with van der Waals surface area (Å²) in [5.74, 6) is 1.79. The van der Waals surface area contributed by atoms with E-state index in [1.165, 1.54) is 16.7 Å². The van der Waals surface area contributed by atoms with Crippen LogP contribution in [-0.2, 0) is 6.42 Å². The van der Waals surface area contributed by atoms with Crippen molar-refractivity contribution in [3.63, 3.8) is 0 Å². The van der Waals surface area contributed by atoms with Crippen molar-refractivity contribution in [2.75, 3.05) is 13.7 Å². The Kier molecular flexibility index (Phi) is 5.07. The molecular formula is C17H19BrO2. The van der Waals surface area contributed by atoms with Gasteiger partial charge >= 0.3 is 0 Å². The molecule has 0 saturated heterocycles. The van der Waals surface area contributed by atoms with E-state index in [2.05, 4.69) is 47.1 Å². The minimum absolute atomic E-state index is 0.698. The molecule has 2 aromatic carbocycles. The van der Waals surface area contributed by atoms with Crippen molar-refractivity contribution in [1.82, 2.24) is 0 Å². The first kappa shape index (κ1) is 14.9. The Bertz CT molecular complexity index is 576. The standard InChI is InChI=1S/C17H19BrO2/c1-4-20-15-7-5-13(6-8-15)10-14-11-16(18)17(19-3)9-12(14)2/h5-9,11H,4,10H2,1-3H3. The van der Waals surface area contributed by atoms with E-state index in [0.29, 0.717) is 6.61 Å². The summed E-state index contributed by atoms with van der Waals surface area (Å²) >= 11 is 3.54. The number of methoxy groups -OCH3 is 1. The molecule has 0 fully saturated rings. The van der Waals surface area contributed by atoms with Crippen molar-refractivity contribution in [3.8, 4) is 11.5 Å². The summed E-state index contributed by atoms with van der Waals surface area (Å²) in [5.41, 5.74) is 3.80. The highest BCUT2D eigenvalue weighted by Gasteiger charge is 2.07. The maximum absolute atomic E-state index is 5.46. The fourth-order valence-electron chi connectivity index (χ4n) is 2.13. The normalized spacial score (nSPS) is 10.4. The Hall–Kier alpha value is -1.48. The van der Waals surface area contributed by atoms with E-state index in [1.807, 2.05) is 19.1 Å². The average Bonchev–Trinajstić information content (AvgIpc) is 2.45. The quantitative estimate of drug-likeness (QED) is 0.785. The van der Waals surface area contributed by atoms with Crippen molar-refractivity contribution in [2.45, 2.75) is 20.3 Å². The first-order valence-electron chi connectivity index (χ1n) is 6.68. The van der Waals surface area contributed by atoms with Gasteiger partial charge in [0.05, 0.1) is 18.2 Å². The van der Waals surface area contributed by atoms with Crippen LogP contribution in [0.15, 0.2) is 40.9 Å². The van der Waals surface area contributed by atoms with Crippen LogP contribution >= 0.6 is 15.9 Å². The molecule has 0 saturated carbocycles. The first-order valence-corrected chi connectivity index (χ1v) is 7.48. The van der Waals surface area contributed by atoms with Gasteiger partial charge in [0.1, 0.15) is 11.5 Å². The molecule has 0 aliphatic rings. The predicted octanol–water partition coefficient (Wildman–Crippen LogP) is 4.76. The van der Waals surface area contributed by atoms with Gasteiger partial charge in [-0.15, -0.1) is 0 Å². The number of halogens is 1. The van der Waals surface area contributed by atoms with Crippen LogP contribution < -0.4 is 9.47 Å². The molecule has 20 heavy (non-hydrogen) atoms. The van der Waals surface area contributed by atoms with Gasteiger partial charge in [-0.2, -0.15) is 0 Å². The molecule has 2 aromatic rings. The number of hydrogen-bond acceptors (Lipinski definition) is 2. The Balaban J connectivity index is 2.19. The molecule has 106 valence electrons. The van der Waals surface area contributed by atoms with E-state index in [0.717, 1.165) is 22.4 Å². The van der Waals surface area contributed by atoms with Crippen LogP contribution in [0.1, 0.15) is 23.6 Å². The summed E-state index contributed by atoms with van der Waals surface area (Å²) in [5, 5.41) is 0. The predicted molar refractivity (Wildman–Crippen MR) is 85.8 cm³/mol. The van der Waals surface area contributed by atoms with E-state index in [1.54, 1.807) is 7.11 Å². The molecular weight excluding hydrogens is 316 g/mol. The van der Waals surface area contributed by atoms with E-state index >= 15 is 0 Å². The molecule has 0 amide bonds. The highest BCUT2D eigenvalue weighted by atomic mass is 79.9. The lowest BCUT2D eigenvalue weighted by Gasteiger charge is -2.11. The highest BCUT2D eigenvalue weighted by Crippen LogP contribution is 2.29. The number of rotatable bonds is 5. The van der Waals surface area contributed by atoms with Crippen molar-refractivity contribution in [1.29, 1.82) is 0 Å². The summed E-state index contributed by atoms with van der Waals surface area (Å²) in [7, 11) is 1.69. The van der Waals surface area contributed by atoms with E-state index < -0.39 is 0 Å². The van der Waals surface area contributed by atoms with Crippen molar-refractivity contribution >= 4 is 15.9 Å². The molecule has 3 heteroatoms. The molecule has 0 radical (unpaired) electrons. The molecule has 0 heterocycles. The first-order chi connectivity index (χ1) is 9.63. The van der Waals surface area contributed by atoms with E-state index in [-0.39, 0.29) is 0 Å². The van der Waals surface area contributed by atoms with Gasteiger partial charge in [-0.05, 0) is 77.2 Å².